The van der Waals surface area contributed by atoms with Crippen LogP contribution >= 0.6 is 0 Å². The molecule has 2 heteroatoms. The second-order valence-corrected chi connectivity index (χ2v) is 6.95. The summed E-state index contributed by atoms with van der Waals surface area (Å²) < 4.78 is 0. The molecule has 110 valence electrons. The van der Waals surface area contributed by atoms with Crippen LogP contribution in [0.3, 0.4) is 0 Å². The molecule has 0 aliphatic heterocycles. The Balaban J connectivity index is 1.72. The maximum Gasteiger partial charge on any atom is 0.0410 e. The van der Waals surface area contributed by atoms with Crippen molar-refractivity contribution in [3.05, 3.63) is 35.4 Å². The molecule has 0 atom stereocenters. The molecule has 20 heavy (non-hydrogen) atoms. The molecule has 0 heterocycles. The number of hydrogen-bond donors (Lipinski definition) is 2. The van der Waals surface area contributed by atoms with Crippen LogP contribution < -0.4 is 11.5 Å². The van der Waals surface area contributed by atoms with E-state index in [0.717, 1.165) is 31.6 Å². The van der Waals surface area contributed by atoms with Crippen LogP contribution in [0.4, 0.5) is 0 Å². The first kappa shape index (κ1) is 14.1. The van der Waals surface area contributed by atoms with E-state index in [1.165, 1.54) is 43.2 Å². The Morgan fingerprint density at radius 1 is 0.850 bits per heavy atom. The molecule has 0 unspecified atom stereocenters. The van der Waals surface area contributed by atoms with Crippen LogP contribution in [0.5, 0.6) is 0 Å². The van der Waals surface area contributed by atoms with Gasteiger partial charge in [-0.05, 0) is 55.6 Å². The Bertz CT molecular complexity index is 423. The van der Waals surface area contributed by atoms with Gasteiger partial charge in [-0.3, -0.25) is 0 Å². The van der Waals surface area contributed by atoms with E-state index in [0.29, 0.717) is 6.04 Å². The van der Waals surface area contributed by atoms with Crippen LogP contribution in [0.25, 0.3) is 0 Å². The highest BCUT2D eigenvalue weighted by atomic mass is 14.8. The van der Waals surface area contributed by atoms with Crippen molar-refractivity contribution in [1.29, 1.82) is 0 Å². The predicted octanol–water partition coefficient (Wildman–Crippen LogP) is 3.79. The molecule has 2 aliphatic carbocycles. The topological polar surface area (TPSA) is 52.0 Å². The van der Waals surface area contributed by atoms with Crippen LogP contribution in [0, 0.1) is 0 Å². The van der Waals surface area contributed by atoms with Gasteiger partial charge in [0, 0.05) is 11.6 Å². The number of hydrogen-bond acceptors (Lipinski definition) is 2. The highest BCUT2D eigenvalue weighted by Gasteiger charge is 2.32. The van der Waals surface area contributed by atoms with Crippen LogP contribution in [-0.4, -0.2) is 6.04 Å². The Kier molecular flexibility index (Phi) is 4.13. The Morgan fingerprint density at radius 3 is 2.05 bits per heavy atom. The van der Waals surface area contributed by atoms with Gasteiger partial charge in [-0.25, -0.2) is 0 Å². The third-order valence-corrected chi connectivity index (χ3v) is 5.48. The van der Waals surface area contributed by atoms with Gasteiger partial charge in [0.2, 0.25) is 0 Å². The van der Waals surface area contributed by atoms with Crippen molar-refractivity contribution in [1.82, 2.24) is 0 Å². The molecule has 1 aromatic carbocycles. The molecule has 3 rings (SSSR count). The first-order chi connectivity index (χ1) is 9.67. The predicted molar refractivity (Wildman–Crippen MR) is 84.6 cm³/mol. The van der Waals surface area contributed by atoms with Gasteiger partial charge in [-0.2, -0.15) is 0 Å². The summed E-state index contributed by atoms with van der Waals surface area (Å²) in [5.74, 6) is 0.784. The van der Waals surface area contributed by atoms with E-state index >= 15 is 0 Å². The van der Waals surface area contributed by atoms with Crippen molar-refractivity contribution in [3.8, 4) is 0 Å². The van der Waals surface area contributed by atoms with E-state index in [1.807, 2.05) is 0 Å². The second kappa shape index (κ2) is 5.87. The lowest BCUT2D eigenvalue weighted by molar-refractivity contribution is 0.277. The summed E-state index contributed by atoms with van der Waals surface area (Å²) in [7, 11) is 0. The maximum absolute atomic E-state index is 6.62. The van der Waals surface area contributed by atoms with Crippen molar-refractivity contribution in [2.45, 2.75) is 75.3 Å². The highest BCUT2D eigenvalue weighted by Crippen LogP contribution is 2.37. The molecular formula is C18H28N2. The maximum atomic E-state index is 6.62. The first-order valence-corrected chi connectivity index (χ1v) is 8.32. The summed E-state index contributed by atoms with van der Waals surface area (Å²) in [6.45, 7) is 0. The van der Waals surface area contributed by atoms with Gasteiger partial charge in [0.1, 0.15) is 0 Å². The molecular weight excluding hydrogens is 244 g/mol. The normalized spacial score (nSPS) is 32.2. The van der Waals surface area contributed by atoms with E-state index in [-0.39, 0.29) is 5.54 Å². The largest absolute Gasteiger partial charge is 0.328 e. The van der Waals surface area contributed by atoms with Crippen LogP contribution in [-0.2, 0) is 5.54 Å². The van der Waals surface area contributed by atoms with Gasteiger partial charge < -0.3 is 11.5 Å². The fourth-order valence-electron chi connectivity index (χ4n) is 3.97. The molecule has 0 amide bonds. The van der Waals surface area contributed by atoms with Gasteiger partial charge in [0.25, 0.3) is 0 Å². The molecule has 0 spiro atoms. The SMILES string of the molecule is NC1CCC(N)(c2ccc(C3CCCCC3)cc2)CC1. The fraction of sp³-hybridized carbons (Fsp3) is 0.667. The van der Waals surface area contributed by atoms with E-state index in [2.05, 4.69) is 24.3 Å². The molecule has 0 bridgehead atoms. The minimum absolute atomic E-state index is 0.138. The average Bonchev–Trinajstić information content (AvgIpc) is 2.52. The van der Waals surface area contributed by atoms with Gasteiger partial charge in [0.05, 0.1) is 0 Å². The molecule has 2 fully saturated rings. The molecule has 0 aromatic heterocycles. The summed E-state index contributed by atoms with van der Waals surface area (Å²) in [5, 5.41) is 0. The Labute approximate surface area is 122 Å². The standard InChI is InChI=1S/C18H28N2/c19-17-10-12-18(20,13-11-17)16-8-6-15(7-9-16)14-4-2-1-3-5-14/h6-9,14,17H,1-5,10-13,19-20H2. The highest BCUT2D eigenvalue weighted by molar-refractivity contribution is 5.31. The minimum Gasteiger partial charge on any atom is -0.328 e. The lowest BCUT2D eigenvalue weighted by atomic mass is 9.75. The fourth-order valence-corrected chi connectivity index (χ4v) is 3.97. The van der Waals surface area contributed by atoms with Gasteiger partial charge in [-0.1, -0.05) is 43.5 Å². The summed E-state index contributed by atoms with van der Waals surface area (Å²) in [6.07, 6.45) is 11.1. The Morgan fingerprint density at radius 2 is 1.45 bits per heavy atom. The number of rotatable bonds is 2. The van der Waals surface area contributed by atoms with Crippen molar-refractivity contribution >= 4 is 0 Å². The van der Waals surface area contributed by atoms with E-state index < -0.39 is 0 Å². The van der Waals surface area contributed by atoms with Gasteiger partial charge in [0.15, 0.2) is 0 Å². The van der Waals surface area contributed by atoms with Gasteiger partial charge >= 0.3 is 0 Å². The molecule has 4 N–H and O–H groups in total. The minimum atomic E-state index is -0.138. The van der Waals surface area contributed by atoms with Crippen LogP contribution in [0.2, 0.25) is 0 Å². The average molecular weight is 272 g/mol. The molecule has 2 saturated carbocycles. The zero-order valence-corrected chi connectivity index (χ0v) is 12.5. The summed E-state index contributed by atoms with van der Waals surface area (Å²) in [6, 6.07) is 9.57. The summed E-state index contributed by atoms with van der Waals surface area (Å²) in [5.41, 5.74) is 15.3. The van der Waals surface area contributed by atoms with Crippen molar-refractivity contribution in [2.24, 2.45) is 11.5 Å². The zero-order chi connectivity index (χ0) is 14.0. The van der Waals surface area contributed by atoms with E-state index in [1.54, 1.807) is 0 Å². The number of benzene rings is 1. The molecule has 0 radical (unpaired) electrons. The van der Waals surface area contributed by atoms with Crippen LogP contribution in [0.15, 0.2) is 24.3 Å². The summed E-state index contributed by atoms with van der Waals surface area (Å²) in [4.78, 5) is 0. The molecule has 0 saturated heterocycles. The van der Waals surface area contributed by atoms with Crippen molar-refractivity contribution in [2.75, 3.05) is 0 Å². The second-order valence-electron chi connectivity index (χ2n) is 6.95. The first-order valence-electron chi connectivity index (χ1n) is 8.32. The quantitative estimate of drug-likeness (QED) is 0.860. The third kappa shape index (κ3) is 2.91. The third-order valence-electron chi connectivity index (χ3n) is 5.48. The van der Waals surface area contributed by atoms with E-state index in [4.69, 9.17) is 11.5 Å². The Hall–Kier alpha value is -0.860. The monoisotopic (exact) mass is 272 g/mol. The lowest BCUT2D eigenvalue weighted by Gasteiger charge is -2.36. The van der Waals surface area contributed by atoms with Gasteiger partial charge in [-0.15, -0.1) is 0 Å². The summed E-state index contributed by atoms with van der Waals surface area (Å²) >= 11 is 0. The lowest BCUT2D eigenvalue weighted by Crippen LogP contribution is -2.43. The van der Waals surface area contributed by atoms with Crippen molar-refractivity contribution < 1.29 is 0 Å². The number of nitrogens with two attached hydrogens (primary N) is 2. The molecule has 1 aromatic rings. The van der Waals surface area contributed by atoms with E-state index in [9.17, 15) is 0 Å². The zero-order valence-electron chi connectivity index (χ0n) is 12.5. The molecule has 2 nitrogen and oxygen atoms in total. The van der Waals surface area contributed by atoms with Crippen LogP contribution in [0.1, 0.15) is 74.8 Å². The smallest absolute Gasteiger partial charge is 0.0410 e. The van der Waals surface area contributed by atoms with Crippen molar-refractivity contribution in [3.63, 3.8) is 0 Å². The molecule has 2 aliphatic rings.